The minimum Gasteiger partial charge on any atom is -0.495 e. The van der Waals surface area contributed by atoms with E-state index < -0.39 is 11.4 Å². The largest absolute Gasteiger partial charge is 0.495 e. The molecule has 1 fully saturated rings. The smallest absolute Gasteiger partial charge is 0.410 e. The first-order valence-electron chi connectivity index (χ1n) is 14.2. The Hall–Kier alpha value is -5.31. The van der Waals surface area contributed by atoms with Crippen LogP contribution in [0, 0.1) is 5.82 Å². The molecule has 15 heteroatoms. The number of amides is 1. The summed E-state index contributed by atoms with van der Waals surface area (Å²) in [5.41, 5.74) is 2.25. The fraction of sp³-hybridized carbons (Fsp3) is 0.290. The number of methoxy groups -OCH3 is 2. The Morgan fingerprint density at radius 3 is 2.50 bits per heavy atom. The third-order valence-corrected chi connectivity index (χ3v) is 7.56. The van der Waals surface area contributed by atoms with Crippen molar-refractivity contribution in [3.8, 4) is 34.0 Å². The van der Waals surface area contributed by atoms with Crippen LogP contribution in [0.15, 0.2) is 54.4 Å². The van der Waals surface area contributed by atoms with Crippen molar-refractivity contribution in [2.75, 3.05) is 37.9 Å². The zero-order chi connectivity index (χ0) is 32.4. The van der Waals surface area contributed by atoms with E-state index in [0.717, 1.165) is 0 Å². The summed E-state index contributed by atoms with van der Waals surface area (Å²) in [6, 6.07) is 8.34. The quantitative estimate of drug-likeness (QED) is 0.186. The van der Waals surface area contributed by atoms with Gasteiger partial charge in [-0.15, -0.1) is 0 Å². The molecule has 0 spiro atoms. The van der Waals surface area contributed by atoms with Gasteiger partial charge in [0, 0.05) is 53.9 Å². The van der Waals surface area contributed by atoms with Crippen molar-refractivity contribution in [1.29, 1.82) is 0 Å². The maximum atomic E-state index is 15.3. The average Bonchev–Trinajstić information content (AvgIpc) is 3.47. The lowest BCUT2D eigenvalue weighted by Gasteiger charge is -2.40. The Morgan fingerprint density at radius 2 is 1.80 bits per heavy atom. The van der Waals surface area contributed by atoms with Crippen molar-refractivity contribution in [3.05, 3.63) is 60.3 Å². The maximum absolute atomic E-state index is 15.3. The van der Waals surface area contributed by atoms with Gasteiger partial charge in [0.25, 0.3) is 5.19 Å². The number of ether oxygens (including phenoxy) is 4. The zero-order valence-electron chi connectivity index (χ0n) is 25.7. The average molecular weight is 647 g/mol. The first-order chi connectivity index (χ1) is 22.1. The molecule has 46 heavy (non-hydrogen) atoms. The number of nitrogens with one attached hydrogen (secondary N) is 2. The second-order valence-corrected chi connectivity index (χ2v) is 12.2. The number of aromatic nitrogens is 5. The summed E-state index contributed by atoms with van der Waals surface area (Å²) < 4.78 is 37.2. The molecule has 0 bridgehead atoms. The SMILES string of the molecule is COc1ncc(-c2csc(Oc3ccc(Nc4ncnc5cc(OC)c(NC6CN(C(=O)OC(C)(C)C)C6)cc45)c(F)c3)n2)cn1. The van der Waals surface area contributed by atoms with Crippen LogP contribution in [0.2, 0.25) is 0 Å². The fourth-order valence-electron chi connectivity index (χ4n) is 4.61. The molecule has 0 radical (unpaired) electrons. The van der Waals surface area contributed by atoms with Crippen LogP contribution in [0.4, 0.5) is 26.4 Å². The van der Waals surface area contributed by atoms with Crippen LogP contribution >= 0.6 is 11.3 Å². The highest BCUT2D eigenvalue weighted by molar-refractivity contribution is 7.11. The highest BCUT2D eigenvalue weighted by Crippen LogP contribution is 2.36. The number of rotatable bonds is 9. The molecule has 1 aliphatic rings. The van der Waals surface area contributed by atoms with E-state index in [4.69, 9.17) is 18.9 Å². The molecule has 1 amide bonds. The molecule has 2 aromatic carbocycles. The second-order valence-electron chi connectivity index (χ2n) is 11.3. The van der Waals surface area contributed by atoms with Gasteiger partial charge in [0.15, 0.2) is 0 Å². The topological polar surface area (TPSA) is 146 Å². The van der Waals surface area contributed by atoms with Crippen LogP contribution in [0.25, 0.3) is 22.2 Å². The Balaban J connectivity index is 1.15. The number of benzene rings is 2. The third-order valence-electron chi connectivity index (χ3n) is 6.84. The summed E-state index contributed by atoms with van der Waals surface area (Å²) in [4.78, 5) is 35.3. The van der Waals surface area contributed by atoms with Crippen LogP contribution in [0.3, 0.4) is 0 Å². The summed E-state index contributed by atoms with van der Waals surface area (Å²) in [5.74, 6) is 0.705. The number of anilines is 3. The van der Waals surface area contributed by atoms with E-state index >= 15 is 4.39 Å². The number of hydrogen-bond donors (Lipinski definition) is 2. The molecule has 1 aliphatic heterocycles. The molecule has 0 atom stereocenters. The van der Waals surface area contributed by atoms with E-state index in [-0.39, 0.29) is 29.6 Å². The van der Waals surface area contributed by atoms with Crippen LogP contribution in [0.1, 0.15) is 20.8 Å². The lowest BCUT2D eigenvalue weighted by molar-refractivity contribution is 0.0105. The monoisotopic (exact) mass is 646 g/mol. The molecule has 0 aliphatic carbocycles. The summed E-state index contributed by atoms with van der Waals surface area (Å²) in [7, 11) is 3.06. The van der Waals surface area contributed by atoms with Crippen molar-refractivity contribution in [1.82, 2.24) is 29.8 Å². The predicted molar refractivity (Wildman–Crippen MR) is 171 cm³/mol. The van der Waals surface area contributed by atoms with E-state index in [9.17, 15) is 4.79 Å². The lowest BCUT2D eigenvalue weighted by atomic mass is 10.1. The van der Waals surface area contributed by atoms with Crippen molar-refractivity contribution < 1.29 is 28.1 Å². The molecule has 0 unspecified atom stereocenters. The van der Waals surface area contributed by atoms with Gasteiger partial charge in [-0.05, 0) is 39.0 Å². The molecule has 1 saturated heterocycles. The molecule has 2 N–H and O–H groups in total. The number of hydrogen-bond acceptors (Lipinski definition) is 13. The Labute approximate surface area is 267 Å². The highest BCUT2D eigenvalue weighted by atomic mass is 32.1. The first-order valence-corrected chi connectivity index (χ1v) is 15.1. The van der Waals surface area contributed by atoms with Gasteiger partial charge in [-0.1, -0.05) is 11.3 Å². The van der Waals surface area contributed by atoms with Gasteiger partial charge in [-0.2, -0.15) is 0 Å². The Kier molecular flexibility index (Phi) is 8.41. The number of halogens is 1. The van der Waals surface area contributed by atoms with Gasteiger partial charge in [0.1, 0.15) is 35.1 Å². The summed E-state index contributed by atoms with van der Waals surface area (Å²) in [6.45, 7) is 6.46. The normalized spacial score (nSPS) is 13.2. The van der Waals surface area contributed by atoms with E-state index in [0.29, 0.717) is 57.7 Å². The van der Waals surface area contributed by atoms with Crippen molar-refractivity contribution in [3.63, 3.8) is 0 Å². The number of likely N-dealkylation sites (tertiary alicyclic amines) is 1. The van der Waals surface area contributed by atoms with Gasteiger partial charge >= 0.3 is 12.1 Å². The van der Waals surface area contributed by atoms with Crippen molar-refractivity contribution in [2.24, 2.45) is 0 Å². The second kappa shape index (κ2) is 12.6. The molecule has 5 aromatic rings. The number of carbonyl (C=O) groups is 1. The van der Waals surface area contributed by atoms with Crippen molar-refractivity contribution >= 4 is 45.5 Å². The van der Waals surface area contributed by atoms with Gasteiger partial charge in [0.2, 0.25) is 0 Å². The molecule has 4 heterocycles. The molecule has 238 valence electrons. The number of nitrogens with zero attached hydrogens (tertiary/aromatic N) is 6. The fourth-order valence-corrected chi connectivity index (χ4v) is 5.31. The van der Waals surface area contributed by atoms with Crippen LogP contribution in [-0.4, -0.2) is 74.9 Å². The number of carbonyl (C=O) groups excluding carboxylic acids is 1. The molecule has 13 nitrogen and oxygen atoms in total. The highest BCUT2D eigenvalue weighted by Gasteiger charge is 2.34. The molecular weight excluding hydrogens is 615 g/mol. The Bertz CT molecular complexity index is 1880. The minimum absolute atomic E-state index is 0.0108. The minimum atomic E-state index is -0.562. The van der Waals surface area contributed by atoms with Gasteiger partial charge in [-0.3, -0.25) is 0 Å². The van der Waals surface area contributed by atoms with E-state index in [1.54, 1.807) is 48.0 Å². The molecule has 3 aromatic heterocycles. The van der Waals surface area contributed by atoms with Crippen molar-refractivity contribution in [2.45, 2.75) is 32.4 Å². The molecule has 0 saturated carbocycles. The number of thiazole rings is 1. The molecular formula is C31H31FN8O5S. The Morgan fingerprint density at radius 1 is 1.02 bits per heavy atom. The summed E-state index contributed by atoms with van der Waals surface area (Å²) in [6.07, 6.45) is 4.24. The lowest BCUT2D eigenvalue weighted by Crippen LogP contribution is -2.57. The van der Waals surface area contributed by atoms with Gasteiger partial charge < -0.3 is 34.5 Å². The zero-order valence-corrected chi connectivity index (χ0v) is 26.5. The maximum Gasteiger partial charge on any atom is 0.410 e. The van der Waals surface area contributed by atoms with Crippen LogP contribution < -0.4 is 24.8 Å². The summed E-state index contributed by atoms with van der Waals surface area (Å²) >= 11 is 1.26. The molecule has 6 rings (SSSR count). The summed E-state index contributed by atoms with van der Waals surface area (Å²) in [5, 5.41) is 9.28. The van der Waals surface area contributed by atoms with Gasteiger partial charge in [-0.25, -0.2) is 34.1 Å². The van der Waals surface area contributed by atoms with Crippen LogP contribution in [0.5, 0.6) is 22.7 Å². The predicted octanol–water partition coefficient (Wildman–Crippen LogP) is 6.27. The standard InChI is InChI=1S/C31H31FN8O5S/c1-31(2,3)45-30(41)40-13-18(14-40)37-24-9-20-23(10-26(24)42-4)35-16-36-27(20)38-22-7-6-19(8-21(22)32)44-29-39-25(15-46-29)17-11-33-28(43-5)34-12-17/h6-12,15-16,18,37H,13-14H2,1-5H3,(H,35,36,38). The van der Waals surface area contributed by atoms with Crippen LogP contribution in [-0.2, 0) is 4.74 Å². The van der Waals surface area contributed by atoms with E-state index in [1.807, 2.05) is 26.8 Å². The first kappa shape index (κ1) is 30.7. The van der Waals surface area contributed by atoms with E-state index in [2.05, 4.69) is 35.6 Å². The number of fused-ring (bicyclic) bond motifs is 1. The third kappa shape index (κ3) is 6.83. The van der Waals surface area contributed by atoms with E-state index in [1.165, 1.54) is 30.8 Å². The van der Waals surface area contributed by atoms with Gasteiger partial charge in [0.05, 0.1) is 42.8 Å².